The molecule has 48 valence electrons. The van der Waals surface area contributed by atoms with Crippen LogP contribution >= 0.6 is 23.2 Å². The van der Waals surface area contributed by atoms with Gasteiger partial charge in [-0.25, -0.2) is 0 Å². The van der Waals surface area contributed by atoms with Gasteiger partial charge in [-0.3, -0.25) is 0 Å². The Morgan fingerprint density at radius 2 is 2.12 bits per heavy atom. The van der Waals surface area contributed by atoms with E-state index in [1.54, 1.807) is 0 Å². The van der Waals surface area contributed by atoms with E-state index in [0.29, 0.717) is 5.54 Å². The van der Waals surface area contributed by atoms with E-state index in [0.717, 1.165) is 16.7 Å². The summed E-state index contributed by atoms with van der Waals surface area (Å²) < 4.78 is 0. The van der Waals surface area contributed by atoms with Gasteiger partial charge in [0, 0.05) is 10.2 Å². The molecule has 0 amide bonds. The van der Waals surface area contributed by atoms with Crippen LogP contribution in [-0.4, -0.2) is 15.1 Å². The fraction of sp³-hybridized carbons (Fsp3) is 0.600. The fourth-order valence-corrected chi connectivity index (χ4v) is 2.01. The highest BCUT2D eigenvalue weighted by molar-refractivity contribution is 6.44. The third kappa shape index (κ3) is 4.69. The molecule has 0 fully saturated rings. The average molecular weight is 169 g/mol. The first-order valence-corrected chi connectivity index (χ1v) is 4.60. The van der Waals surface area contributed by atoms with Gasteiger partial charge >= 0.3 is 0 Å². The lowest BCUT2D eigenvalue weighted by molar-refractivity contribution is 0.922. The summed E-state index contributed by atoms with van der Waals surface area (Å²) in [4.78, 5) is -0.213. The maximum atomic E-state index is 5.49. The molecule has 0 aromatic carbocycles. The van der Waals surface area contributed by atoms with Crippen molar-refractivity contribution in [2.45, 2.75) is 16.8 Å². The summed E-state index contributed by atoms with van der Waals surface area (Å²) in [6.45, 7) is 3.63. The monoisotopic (exact) mass is 168 g/mol. The number of allylic oxidation sites excluding steroid dienone is 1. The Labute approximate surface area is 63.3 Å². The Morgan fingerprint density at radius 3 is 2.25 bits per heavy atom. The van der Waals surface area contributed by atoms with E-state index in [1.165, 1.54) is 0 Å². The summed E-state index contributed by atoms with van der Waals surface area (Å²) in [7, 11) is 1.10. The third-order valence-corrected chi connectivity index (χ3v) is 2.25. The summed E-state index contributed by atoms with van der Waals surface area (Å²) in [5.74, 6) is 0. The van der Waals surface area contributed by atoms with Crippen molar-refractivity contribution in [2.24, 2.45) is 0 Å². The van der Waals surface area contributed by atoms with Crippen molar-refractivity contribution in [3.63, 3.8) is 0 Å². The smallest absolute Gasteiger partial charge is 0.105 e. The molecule has 1 unspecified atom stereocenters. The van der Waals surface area contributed by atoms with Gasteiger partial charge in [-0.15, -0.1) is 29.8 Å². The molecular formula is C5H10Cl2Si. The van der Waals surface area contributed by atoms with Crippen LogP contribution in [-0.2, 0) is 0 Å². The molecule has 0 rings (SSSR count). The Hall–Kier alpha value is 0.537. The lowest BCUT2D eigenvalue weighted by atomic mass is 10.3. The van der Waals surface area contributed by atoms with Gasteiger partial charge in [0.05, 0.1) is 0 Å². The molecular weight excluding hydrogens is 159 g/mol. The van der Waals surface area contributed by atoms with Crippen molar-refractivity contribution in [1.82, 2.24) is 0 Å². The molecule has 0 aromatic heterocycles. The zero-order valence-electron chi connectivity index (χ0n) is 4.90. The van der Waals surface area contributed by atoms with Gasteiger partial charge in [0.15, 0.2) is 0 Å². The summed E-state index contributed by atoms with van der Waals surface area (Å²) in [5.41, 5.74) is 0.565. The molecule has 0 bridgehead atoms. The van der Waals surface area contributed by atoms with Gasteiger partial charge in [0.2, 0.25) is 0 Å². The zero-order chi connectivity index (χ0) is 6.57. The van der Waals surface area contributed by atoms with Crippen molar-refractivity contribution in [1.29, 1.82) is 0 Å². The molecule has 3 heteroatoms. The lowest BCUT2D eigenvalue weighted by Crippen LogP contribution is -1.93. The highest BCUT2D eigenvalue weighted by atomic mass is 35.5. The van der Waals surface area contributed by atoms with Crippen LogP contribution in [0.1, 0.15) is 6.42 Å². The van der Waals surface area contributed by atoms with Crippen LogP contribution in [0.5, 0.6) is 0 Å². The minimum atomic E-state index is -0.213. The van der Waals surface area contributed by atoms with E-state index in [-0.39, 0.29) is 4.84 Å². The molecule has 0 radical (unpaired) electrons. The summed E-state index contributed by atoms with van der Waals surface area (Å²) >= 11 is 11.0. The minimum absolute atomic E-state index is 0.213. The van der Waals surface area contributed by atoms with Crippen molar-refractivity contribution >= 4 is 33.4 Å². The Balaban J connectivity index is 3.23. The maximum absolute atomic E-state index is 5.49. The van der Waals surface area contributed by atoms with Gasteiger partial charge in [-0.05, 0) is 12.0 Å². The number of hydrogen-bond acceptors (Lipinski definition) is 0. The van der Waals surface area contributed by atoms with Crippen LogP contribution in [0.2, 0.25) is 5.54 Å². The van der Waals surface area contributed by atoms with Crippen LogP contribution in [0, 0.1) is 0 Å². The molecule has 0 spiro atoms. The molecule has 0 saturated carbocycles. The van der Waals surface area contributed by atoms with Gasteiger partial charge in [-0.2, -0.15) is 0 Å². The van der Waals surface area contributed by atoms with Gasteiger partial charge < -0.3 is 0 Å². The highest BCUT2D eigenvalue weighted by Gasteiger charge is 2.02. The van der Waals surface area contributed by atoms with Crippen LogP contribution in [0.3, 0.4) is 0 Å². The molecule has 0 aromatic rings. The summed E-state index contributed by atoms with van der Waals surface area (Å²) in [5, 5.41) is 0. The highest BCUT2D eigenvalue weighted by Crippen LogP contribution is 2.16. The fourth-order valence-electron chi connectivity index (χ4n) is 0.377. The maximum Gasteiger partial charge on any atom is 0.108 e. The predicted octanol–water partition coefficient (Wildman–Crippen LogP) is 1.52. The van der Waals surface area contributed by atoms with Gasteiger partial charge in [-0.1, -0.05) is 6.08 Å². The molecule has 0 aliphatic carbocycles. The van der Waals surface area contributed by atoms with Crippen LogP contribution in [0.15, 0.2) is 12.7 Å². The zero-order valence-corrected chi connectivity index (χ0v) is 8.41. The normalized spacial score (nSPS) is 14.4. The van der Waals surface area contributed by atoms with Gasteiger partial charge in [0.1, 0.15) is 4.84 Å². The largest absolute Gasteiger partial charge is 0.108 e. The van der Waals surface area contributed by atoms with Gasteiger partial charge in [0.25, 0.3) is 0 Å². The second-order valence-electron chi connectivity index (χ2n) is 1.84. The van der Waals surface area contributed by atoms with Crippen molar-refractivity contribution in [3.8, 4) is 0 Å². The number of hydrogen-bond donors (Lipinski definition) is 0. The van der Waals surface area contributed by atoms with E-state index in [2.05, 4.69) is 6.58 Å². The van der Waals surface area contributed by atoms with E-state index < -0.39 is 0 Å². The first-order valence-electron chi connectivity index (χ1n) is 2.57. The van der Waals surface area contributed by atoms with E-state index in [1.807, 2.05) is 6.08 Å². The molecule has 0 heterocycles. The number of rotatable bonds is 3. The minimum Gasteiger partial charge on any atom is -0.105 e. The van der Waals surface area contributed by atoms with E-state index in [4.69, 9.17) is 23.2 Å². The first-order chi connectivity index (χ1) is 3.66. The molecule has 1 atom stereocenters. The predicted molar refractivity (Wildman–Crippen MR) is 44.0 cm³/mol. The topological polar surface area (TPSA) is 0 Å². The van der Waals surface area contributed by atoms with Crippen molar-refractivity contribution < 1.29 is 0 Å². The molecule has 0 nitrogen and oxygen atoms in total. The molecule has 0 N–H and O–H groups in total. The SMILES string of the molecule is C=CC([SiH3])CC(Cl)Cl. The molecule has 8 heavy (non-hydrogen) atoms. The second kappa shape index (κ2) is 4.42. The Bertz CT molecular complexity index is 72.8. The second-order valence-corrected chi connectivity index (χ2v) is 4.60. The van der Waals surface area contributed by atoms with Crippen molar-refractivity contribution in [2.75, 3.05) is 0 Å². The number of halogens is 2. The van der Waals surface area contributed by atoms with E-state index >= 15 is 0 Å². The van der Waals surface area contributed by atoms with Crippen molar-refractivity contribution in [3.05, 3.63) is 12.7 Å². The first kappa shape index (κ1) is 8.54. The standard InChI is InChI=1S/C5H10Cl2Si/c1-2-4(8)3-5(6)7/h2,4-5H,1,3H2,8H3. The Kier molecular flexibility index (Phi) is 4.72. The summed E-state index contributed by atoms with van der Waals surface area (Å²) in [6.07, 6.45) is 2.77. The molecule has 0 aliphatic rings. The lowest BCUT2D eigenvalue weighted by Gasteiger charge is -2.03. The average Bonchev–Trinajstić information content (AvgIpc) is 1.65. The summed E-state index contributed by atoms with van der Waals surface area (Å²) in [6, 6.07) is 0. The quantitative estimate of drug-likeness (QED) is 0.341. The Morgan fingerprint density at radius 1 is 1.62 bits per heavy atom. The van der Waals surface area contributed by atoms with E-state index in [9.17, 15) is 0 Å². The van der Waals surface area contributed by atoms with Crippen LogP contribution < -0.4 is 0 Å². The molecule has 0 aliphatic heterocycles. The molecule has 0 saturated heterocycles. The van der Waals surface area contributed by atoms with Crippen LogP contribution in [0.4, 0.5) is 0 Å². The number of alkyl halides is 2. The third-order valence-electron chi connectivity index (χ3n) is 0.952. The van der Waals surface area contributed by atoms with Crippen LogP contribution in [0.25, 0.3) is 0 Å².